The first kappa shape index (κ1) is 17.0. The molecule has 1 aromatic carbocycles. The maximum Gasteiger partial charge on any atom is 0.416 e. The standard InChI is InChI=1S/C14H17F3N2.ClH/c1-2-13(19-9-7-18-8-10-19)11-5-3-4-6-12(11)14(15,16)17;/h2-6,13,18H,1,7-10H2;1H/t13-;/m0./s1. The molecule has 0 unspecified atom stereocenters. The Labute approximate surface area is 123 Å². The van der Waals surface area contributed by atoms with Crippen LogP contribution in [0.4, 0.5) is 13.2 Å². The molecular formula is C14H18ClF3N2. The Morgan fingerprint density at radius 3 is 2.35 bits per heavy atom. The van der Waals surface area contributed by atoms with Gasteiger partial charge in [0.1, 0.15) is 0 Å². The van der Waals surface area contributed by atoms with Gasteiger partial charge in [-0.1, -0.05) is 24.3 Å². The van der Waals surface area contributed by atoms with Crippen molar-refractivity contribution in [2.24, 2.45) is 0 Å². The minimum atomic E-state index is -4.33. The van der Waals surface area contributed by atoms with E-state index < -0.39 is 11.7 Å². The van der Waals surface area contributed by atoms with Crippen molar-refractivity contribution in [2.45, 2.75) is 12.2 Å². The summed E-state index contributed by atoms with van der Waals surface area (Å²) >= 11 is 0. The van der Waals surface area contributed by atoms with E-state index in [0.29, 0.717) is 0 Å². The molecule has 2 nitrogen and oxygen atoms in total. The summed E-state index contributed by atoms with van der Waals surface area (Å²) < 4.78 is 39.1. The van der Waals surface area contributed by atoms with Crippen LogP contribution in [0.2, 0.25) is 0 Å². The number of benzene rings is 1. The average Bonchev–Trinajstić information content (AvgIpc) is 2.40. The Balaban J connectivity index is 0.00000200. The maximum absolute atomic E-state index is 13.0. The largest absolute Gasteiger partial charge is 0.416 e. The Morgan fingerprint density at radius 1 is 1.20 bits per heavy atom. The van der Waals surface area contributed by atoms with Gasteiger partial charge in [-0.3, -0.25) is 4.90 Å². The summed E-state index contributed by atoms with van der Waals surface area (Å²) in [6, 6.07) is 5.35. The summed E-state index contributed by atoms with van der Waals surface area (Å²) in [6.45, 7) is 6.74. The molecule has 0 aliphatic carbocycles. The van der Waals surface area contributed by atoms with Crippen molar-refractivity contribution in [1.82, 2.24) is 10.2 Å². The Morgan fingerprint density at radius 2 is 1.80 bits per heavy atom. The van der Waals surface area contributed by atoms with Crippen LogP contribution in [0.5, 0.6) is 0 Å². The smallest absolute Gasteiger partial charge is 0.314 e. The molecule has 0 amide bonds. The van der Waals surface area contributed by atoms with Crippen molar-refractivity contribution in [3.8, 4) is 0 Å². The topological polar surface area (TPSA) is 15.3 Å². The molecule has 112 valence electrons. The quantitative estimate of drug-likeness (QED) is 0.862. The zero-order chi connectivity index (χ0) is 13.9. The summed E-state index contributed by atoms with van der Waals surface area (Å²) in [5.41, 5.74) is -0.287. The van der Waals surface area contributed by atoms with Crippen molar-refractivity contribution in [2.75, 3.05) is 26.2 Å². The molecule has 6 heteroatoms. The van der Waals surface area contributed by atoms with Crippen LogP contribution in [0.25, 0.3) is 0 Å². The van der Waals surface area contributed by atoms with Crippen LogP contribution >= 0.6 is 12.4 Å². The first-order valence-electron chi connectivity index (χ1n) is 6.27. The van der Waals surface area contributed by atoms with Gasteiger partial charge in [-0.2, -0.15) is 13.2 Å². The molecule has 0 radical (unpaired) electrons. The molecule has 2 rings (SSSR count). The molecule has 1 aliphatic rings. The van der Waals surface area contributed by atoms with Crippen molar-refractivity contribution in [1.29, 1.82) is 0 Å². The predicted molar refractivity (Wildman–Crippen MR) is 76.1 cm³/mol. The number of hydrogen-bond donors (Lipinski definition) is 1. The molecule has 1 aliphatic heterocycles. The summed E-state index contributed by atoms with van der Waals surface area (Å²) in [4.78, 5) is 2.02. The van der Waals surface area contributed by atoms with Gasteiger partial charge in [0.05, 0.1) is 11.6 Å². The van der Waals surface area contributed by atoms with Crippen molar-refractivity contribution >= 4 is 12.4 Å². The number of hydrogen-bond acceptors (Lipinski definition) is 2. The minimum Gasteiger partial charge on any atom is -0.314 e. The van der Waals surface area contributed by atoms with Crippen LogP contribution < -0.4 is 5.32 Å². The maximum atomic E-state index is 13.0. The number of nitrogens with zero attached hydrogens (tertiary/aromatic N) is 1. The van der Waals surface area contributed by atoms with E-state index >= 15 is 0 Å². The zero-order valence-corrected chi connectivity index (χ0v) is 11.8. The van der Waals surface area contributed by atoms with Gasteiger partial charge in [-0.05, 0) is 11.6 Å². The van der Waals surface area contributed by atoms with E-state index in [2.05, 4.69) is 11.9 Å². The third kappa shape index (κ3) is 3.75. The second kappa shape index (κ2) is 7.11. The van der Waals surface area contributed by atoms with Crippen LogP contribution in [0.3, 0.4) is 0 Å². The molecular weight excluding hydrogens is 289 g/mol. The molecule has 1 atom stereocenters. The molecule has 1 saturated heterocycles. The number of piperazine rings is 1. The Hall–Kier alpha value is -1.04. The summed E-state index contributed by atoms with van der Waals surface area (Å²) in [7, 11) is 0. The normalized spacial score (nSPS) is 18.1. The number of halogens is 4. The zero-order valence-electron chi connectivity index (χ0n) is 11.0. The lowest BCUT2D eigenvalue weighted by atomic mass is 9.98. The fraction of sp³-hybridized carbons (Fsp3) is 0.429. The molecule has 1 fully saturated rings. The van der Waals surface area contributed by atoms with Crippen molar-refractivity contribution in [3.05, 3.63) is 48.0 Å². The first-order valence-corrected chi connectivity index (χ1v) is 6.27. The second-order valence-corrected chi connectivity index (χ2v) is 4.55. The number of nitrogens with one attached hydrogen (secondary N) is 1. The van der Waals surface area contributed by atoms with Gasteiger partial charge in [-0.25, -0.2) is 0 Å². The van der Waals surface area contributed by atoms with E-state index in [1.54, 1.807) is 12.1 Å². The highest BCUT2D eigenvalue weighted by Crippen LogP contribution is 2.36. The van der Waals surface area contributed by atoms with Crippen LogP contribution in [-0.4, -0.2) is 31.1 Å². The highest BCUT2D eigenvalue weighted by Gasteiger charge is 2.35. The van der Waals surface area contributed by atoms with Crippen LogP contribution in [0.1, 0.15) is 17.2 Å². The third-order valence-corrected chi connectivity index (χ3v) is 3.35. The molecule has 0 saturated carbocycles. The van der Waals surface area contributed by atoms with Crippen LogP contribution in [0, 0.1) is 0 Å². The molecule has 0 bridgehead atoms. The fourth-order valence-corrected chi connectivity index (χ4v) is 2.45. The predicted octanol–water partition coefficient (Wildman–Crippen LogP) is 3.26. The lowest BCUT2D eigenvalue weighted by molar-refractivity contribution is -0.138. The highest BCUT2D eigenvalue weighted by molar-refractivity contribution is 5.85. The van der Waals surface area contributed by atoms with E-state index in [0.717, 1.165) is 32.2 Å². The van der Waals surface area contributed by atoms with E-state index in [4.69, 9.17) is 0 Å². The third-order valence-electron chi connectivity index (χ3n) is 3.35. The number of alkyl halides is 3. The molecule has 0 spiro atoms. The van der Waals surface area contributed by atoms with Gasteiger partial charge >= 0.3 is 6.18 Å². The lowest BCUT2D eigenvalue weighted by Gasteiger charge is -2.34. The van der Waals surface area contributed by atoms with Crippen molar-refractivity contribution in [3.63, 3.8) is 0 Å². The van der Waals surface area contributed by atoms with Gasteiger partial charge in [0.25, 0.3) is 0 Å². The molecule has 20 heavy (non-hydrogen) atoms. The lowest BCUT2D eigenvalue weighted by Crippen LogP contribution is -2.45. The fourth-order valence-electron chi connectivity index (χ4n) is 2.45. The average molecular weight is 307 g/mol. The second-order valence-electron chi connectivity index (χ2n) is 4.55. The van der Waals surface area contributed by atoms with Gasteiger partial charge < -0.3 is 5.32 Å². The molecule has 1 heterocycles. The molecule has 1 aromatic rings. The Kier molecular flexibility index (Phi) is 6.05. The van der Waals surface area contributed by atoms with Crippen LogP contribution in [0.15, 0.2) is 36.9 Å². The van der Waals surface area contributed by atoms with E-state index in [1.807, 2.05) is 4.90 Å². The van der Waals surface area contributed by atoms with E-state index in [-0.39, 0.29) is 24.0 Å². The summed E-state index contributed by atoms with van der Waals surface area (Å²) in [5, 5.41) is 3.19. The van der Waals surface area contributed by atoms with Gasteiger partial charge in [0, 0.05) is 26.2 Å². The Bertz CT molecular complexity index is 442. The summed E-state index contributed by atoms with van der Waals surface area (Å²) in [5.74, 6) is 0. The minimum absolute atomic E-state index is 0. The SMILES string of the molecule is C=C[C@@H](c1ccccc1C(F)(F)F)N1CCNCC1.Cl. The number of rotatable bonds is 3. The first-order chi connectivity index (χ1) is 9.04. The monoisotopic (exact) mass is 306 g/mol. The van der Waals surface area contributed by atoms with E-state index in [1.165, 1.54) is 12.1 Å². The van der Waals surface area contributed by atoms with Gasteiger partial charge in [0.2, 0.25) is 0 Å². The van der Waals surface area contributed by atoms with Gasteiger partial charge in [-0.15, -0.1) is 19.0 Å². The highest BCUT2D eigenvalue weighted by atomic mass is 35.5. The van der Waals surface area contributed by atoms with Crippen molar-refractivity contribution < 1.29 is 13.2 Å². The molecule has 1 N–H and O–H groups in total. The van der Waals surface area contributed by atoms with Crippen LogP contribution in [-0.2, 0) is 6.18 Å². The van der Waals surface area contributed by atoms with E-state index in [9.17, 15) is 13.2 Å². The summed E-state index contributed by atoms with van der Waals surface area (Å²) in [6.07, 6.45) is -2.73. The van der Waals surface area contributed by atoms with Gasteiger partial charge in [0.15, 0.2) is 0 Å². The molecule has 0 aromatic heterocycles.